The van der Waals surface area contributed by atoms with Crippen molar-refractivity contribution >= 4 is 28.8 Å². The highest BCUT2D eigenvalue weighted by molar-refractivity contribution is 7.16. The minimum Gasteiger partial charge on any atom is -0.345 e. The van der Waals surface area contributed by atoms with Crippen molar-refractivity contribution in [2.24, 2.45) is 0 Å². The lowest BCUT2D eigenvalue weighted by Gasteiger charge is -2.24. The fourth-order valence-electron chi connectivity index (χ4n) is 1.18. The second-order valence-corrected chi connectivity index (χ2v) is 5.33. The van der Waals surface area contributed by atoms with E-state index in [4.69, 9.17) is 16.9 Å². The SMILES string of the molecule is CC(C)(NC(=O)CC#N)c1ccc(Cl)s1. The summed E-state index contributed by atoms with van der Waals surface area (Å²) in [5.41, 5.74) is -0.480. The van der Waals surface area contributed by atoms with Crippen LogP contribution in [0.4, 0.5) is 0 Å². The Bertz CT molecular complexity index is 406. The maximum Gasteiger partial charge on any atom is 0.234 e. The average molecular weight is 243 g/mol. The molecule has 0 saturated heterocycles. The molecule has 3 nitrogen and oxygen atoms in total. The maximum absolute atomic E-state index is 11.3. The van der Waals surface area contributed by atoms with E-state index in [1.54, 1.807) is 6.07 Å². The third-order valence-electron chi connectivity index (χ3n) is 1.88. The van der Waals surface area contributed by atoms with E-state index in [0.29, 0.717) is 4.34 Å². The van der Waals surface area contributed by atoms with Gasteiger partial charge in [0.25, 0.3) is 0 Å². The molecule has 0 atom stereocenters. The van der Waals surface area contributed by atoms with Crippen LogP contribution in [-0.4, -0.2) is 5.91 Å². The average Bonchev–Trinajstić information content (AvgIpc) is 2.51. The highest BCUT2D eigenvalue weighted by atomic mass is 35.5. The Morgan fingerprint density at radius 2 is 2.33 bits per heavy atom. The van der Waals surface area contributed by atoms with Crippen LogP contribution in [0, 0.1) is 11.3 Å². The molecular weight excluding hydrogens is 232 g/mol. The lowest BCUT2D eigenvalue weighted by Crippen LogP contribution is -2.40. The number of nitriles is 1. The molecule has 0 unspecified atom stereocenters. The molecule has 0 bridgehead atoms. The third-order valence-corrected chi connectivity index (χ3v) is 3.44. The minimum absolute atomic E-state index is 0.122. The molecule has 1 heterocycles. The van der Waals surface area contributed by atoms with Crippen molar-refractivity contribution in [3.63, 3.8) is 0 Å². The second-order valence-electron chi connectivity index (χ2n) is 3.61. The van der Waals surface area contributed by atoms with Gasteiger partial charge >= 0.3 is 0 Å². The van der Waals surface area contributed by atoms with E-state index < -0.39 is 5.54 Å². The smallest absolute Gasteiger partial charge is 0.234 e. The first kappa shape index (κ1) is 12.0. The zero-order valence-corrected chi connectivity index (χ0v) is 10.1. The van der Waals surface area contributed by atoms with Gasteiger partial charge in [-0.2, -0.15) is 5.26 Å². The third kappa shape index (κ3) is 3.22. The van der Waals surface area contributed by atoms with Crippen molar-refractivity contribution in [3.8, 4) is 6.07 Å². The van der Waals surface area contributed by atoms with Gasteiger partial charge in [-0.15, -0.1) is 11.3 Å². The second kappa shape index (κ2) is 4.65. The van der Waals surface area contributed by atoms with E-state index in [2.05, 4.69) is 5.32 Å². The molecule has 0 fully saturated rings. The van der Waals surface area contributed by atoms with Crippen LogP contribution >= 0.6 is 22.9 Å². The quantitative estimate of drug-likeness (QED) is 0.886. The molecule has 1 amide bonds. The predicted molar refractivity (Wildman–Crippen MR) is 60.7 cm³/mol. The molecule has 0 aliphatic carbocycles. The van der Waals surface area contributed by atoms with Crippen molar-refractivity contribution < 1.29 is 4.79 Å². The fraction of sp³-hybridized carbons (Fsp3) is 0.400. The van der Waals surface area contributed by atoms with Crippen LogP contribution in [0.25, 0.3) is 0 Å². The van der Waals surface area contributed by atoms with E-state index >= 15 is 0 Å². The summed E-state index contributed by atoms with van der Waals surface area (Å²) in [6.07, 6.45) is -0.122. The number of nitrogens with one attached hydrogen (secondary N) is 1. The Kier molecular flexibility index (Phi) is 3.72. The molecule has 0 aromatic carbocycles. The number of carbonyl (C=O) groups is 1. The number of amides is 1. The van der Waals surface area contributed by atoms with Gasteiger partial charge in [0.05, 0.1) is 15.9 Å². The van der Waals surface area contributed by atoms with Crippen molar-refractivity contribution in [1.29, 1.82) is 5.26 Å². The highest BCUT2D eigenvalue weighted by Gasteiger charge is 2.24. The van der Waals surface area contributed by atoms with E-state index in [-0.39, 0.29) is 12.3 Å². The largest absolute Gasteiger partial charge is 0.345 e. The van der Waals surface area contributed by atoms with Crippen molar-refractivity contribution in [2.75, 3.05) is 0 Å². The van der Waals surface area contributed by atoms with Crippen molar-refractivity contribution in [1.82, 2.24) is 5.32 Å². The molecule has 0 saturated carbocycles. The van der Waals surface area contributed by atoms with Crippen LogP contribution in [0.1, 0.15) is 25.1 Å². The van der Waals surface area contributed by atoms with Gasteiger partial charge in [0.2, 0.25) is 5.91 Å². The Morgan fingerprint density at radius 1 is 1.67 bits per heavy atom. The molecule has 5 heteroatoms. The minimum atomic E-state index is -0.480. The zero-order valence-electron chi connectivity index (χ0n) is 8.50. The summed E-state index contributed by atoms with van der Waals surface area (Å²) < 4.78 is 0.688. The molecule has 0 aliphatic rings. The van der Waals surface area contributed by atoms with Gasteiger partial charge in [-0.1, -0.05) is 11.6 Å². The molecule has 0 spiro atoms. The van der Waals surface area contributed by atoms with Gasteiger partial charge in [0, 0.05) is 4.88 Å². The molecular formula is C10H11ClN2OS. The molecule has 0 radical (unpaired) electrons. The molecule has 80 valence electrons. The number of hydrogen-bond donors (Lipinski definition) is 1. The Balaban J connectivity index is 2.76. The maximum atomic E-state index is 11.3. The Labute approximate surface area is 97.7 Å². The Hall–Kier alpha value is -1.05. The predicted octanol–water partition coefficient (Wildman–Crippen LogP) is 2.67. The lowest BCUT2D eigenvalue weighted by molar-refractivity contribution is -0.121. The standard InChI is InChI=1S/C10H11ClN2OS/c1-10(2,13-9(14)5-6-12)7-3-4-8(11)15-7/h3-4H,5H2,1-2H3,(H,13,14). The first-order chi connectivity index (χ1) is 6.95. The summed E-state index contributed by atoms with van der Waals surface area (Å²) in [4.78, 5) is 12.2. The van der Waals surface area contributed by atoms with Crippen LogP contribution in [0.5, 0.6) is 0 Å². The molecule has 1 aromatic heterocycles. The number of carbonyl (C=O) groups excluding carboxylic acids is 1. The van der Waals surface area contributed by atoms with Crippen LogP contribution in [0.3, 0.4) is 0 Å². The van der Waals surface area contributed by atoms with E-state index in [9.17, 15) is 4.79 Å². The van der Waals surface area contributed by atoms with Crippen molar-refractivity contribution in [3.05, 3.63) is 21.3 Å². The van der Waals surface area contributed by atoms with Gasteiger partial charge < -0.3 is 5.32 Å². The van der Waals surface area contributed by atoms with Crippen LogP contribution in [0.2, 0.25) is 4.34 Å². The van der Waals surface area contributed by atoms with E-state index in [0.717, 1.165) is 4.88 Å². The summed E-state index contributed by atoms with van der Waals surface area (Å²) >= 11 is 7.24. The van der Waals surface area contributed by atoms with Gasteiger partial charge in [-0.25, -0.2) is 0 Å². The fourth-order valence-corrected chi connectivity index (χ4v) is 2.28. The number of hydrogen-bond acceptors (Lipinski definition) is 3. The lowest BCUT2D eigenvalue weighted by atomic mass is 10.0. The van der Waals surface area contributed by atoms with Crippen LogP contribution < -0.4 is 5.32 Å². The van der Waals surface area contributed by atoms with Crippen molar-refractivity contribution in [2.45, 2.75) is 25.8 Å². The molecule has 15 heavy (non-hydrogen) atoms. The number of nitrogens with zero attached hydrogens (tertiary/aromatic N) is 1. The number of thiophene rings is 1. The monoisotopic (exact) mass is 242 g/mol. The summed E-state index contributed by atoms with van der Waals surface area (Å²) in [6.45, 7) is 3.76. The van der Waals surface area contributed by atoms with Gasteiger partial charge in [0.15, 0.2) is 0 Å². The van der Waals surface area contributed by atoms with Gasteiger partial charge in [0.1, 0.15) is 6.42 Å². The number of rotatable bonds is 3. The van der Waals surface area contributed by atoms with E-state index in [1.165, 1.54) is 11.3 Å². The summed E-state index contributed by atoms with van der Waals surface area (Å²) in [6, 6.07) is 5.48. The Morgan fingerprint density at radius 3 is 2.80 bits per heavy atom. The van der Waals surface area contributed by atoms with E-state index in [1.807, 2.05) is 26.0 Å². The topological polar surface area (TPSA) is 52.9 Å². The molecule has 1 rings (SSSR count). The molecule has 0 aliphatic heterocycles. The number of halogens is 1. The highest BCUT2D eigenvalue weighted by Crippen LogP contribution is 2.30. The molecule has 1 N–H and O–H groups in total. The normalized spacial score (nSPS) is 10.8. The first-order valence-electron chi connectivity index (χ1n) is 4.39. The molecule has 1 aromatic rings. The van der Waals surface area contributed by atoms with Gasteiger partial charge in [-0.3, -0.25) is 4.79 Å². The zero-order chi connectivity index (χ0) is 11.5. The van der Waals surface area contributed by atoms with Gasteiger partial charge in [-0.05, 0) is 26.0 Å². The van der Waals surface area contributed by atoms with Crippen LogP contribution in [-0.2, 0) is 10.3 Å². The first-order valence-corrected chi connectivity index (χ1v) is 5.59. The summed E-state index contributed by atoms with van der Waals surface area (Å²) in [7, 11) is 0. The van der Waals surface area contributed by atoms with Crippen LogP contribution in [0.15, 0.2) is 12.1 Å². The summed E-state index contributed by atoms with van der Waals surface area (Å²) in [5, 5.41) is 11.2. The summed E-state index contributed by atoms with van der Waals surface area (Å²) in [5.74, 6) is -0.271.